The number of hydrogen-bond donors (Lipinski definition) is 0. The molecule has 0 aromatic heterocycles. The highest BCUT2D eigenvalue weighted by Gasteiger charge is 2.39. The minimum Gasteiger partial charge on any atom is -0.300 e. The third-order valence-corrected chi connectivity index (χ3v) is 10.7. The molecule has 1 heterocycles. The minimum atomic E-state index is -3.95. The van der Waals surface area contributed by atoms with Crippen molar-refractivity contribution in [3.63, 3.8) is 0 Å². The van der Waals surface area contributed by atoms with Crippen molar-refractivity contribution < 1.29 is 21.6 Å². The topological polar surface area (TPSA) is 77.5 Å². The molecule has 0 bridgehead atoms. The lowest BCUT2D eigenvalue weighted by molar-refractivity contribution is -0.120. The van der Waals surface area contributed by atoms with Gasteiger partial charge >= 0.3 is 10.1 Å². The second-order valence-corrected chi connectivity index (χ2v) is 12.3. The summed E-state index contributed by atoms with van der Waals surface area (Å²) >= 11 is 0. The van der Waals surface area contributed by atoms with E-state index in [1.165, 1.54) is 12.1 Å². The molecule has 0 radical (unpaired) electrons. The first kappa shape index (κ1) is 19.6. The fourth-order valence-corrected chi connectivity index (χ4v) is 9.11. The lowest BCUT2D eigenvalue weighted by Gasteiger charge is -2.40. The van der Waals surface area contributed by atoms with Crippen LogP contribution in [0.2, 0.25) is 0 Å². The maximum Gasteiger partial charge on any atom is 0.306 e. The van der Waals surface area contributed by atoms with Gasteiger partial charge in [-0.1, -0.05) is 30.5 Å². The van der Waals surface area contributed by atoms with Gasteiger partial charge < -0.3 is 0 Å². The second kappa shape index (κ2) is 7.82. The van der Waals surface area contributed by atoms with Gasteiger partial charge in [-0.25, -0.2) is 3.63 Å². The van der Waals surface area contributed by atoms with Gasteiger partial charge in [-0.2, -0.15) is 8.42 Å². The zero-order valence-corrected chi connectivity index (χ0v) is 16.7. The first-order valence-corrected chi connectivity index (χ1v) is 12.6. The highest BCUT2D eigenvalue weighted by molar-refractivity contribution is 8.33. The summed E-state index contributed by atoms with van der Waals surface area (Å²) in [5, 5.41) is 0. The van der Waals surface area contributed by atoms with E-state index in [1.807, 2.05) is 6.92 Å². The number of rotatable bonds is 6. The van der Waals surface area contributed by atoms with Gasteiger partial charge in [0.25, 0.3) is 0 Å². The molecule has 0 spiro atoms. The van der Waals surface area contributed by atoms with Crippen LogP contribution in [0, 0.1) is 12.8 Å². The molecule has 7 heteroatoms. The fraction of sp³-hybridized carbons (Fsp3) is 0.579. The lowest BCUT2D eigenvalue weighted by atomic mass is 10.0. The zero-order chi connectivity index (χ0) is 18.8. The molecule has 144 valence electrons. The zero-order valence-electron chi connectivity index (χ0n) is 15.1. The van der Waals surface area contributed by atoms with Crippen LogP contribution in [0.5, 0.6) is 0 Å². The Labute approximate surface area is 157 Å². The van der Waals surface area contributed by atoms with Crippen LogP contribution in [-0.2, 0) is 23.3 Å². The lowest BCUT2D eigenvalue weighted by Crippen LogP contribution is -2.32. The van der Waals surface area contributed by atoms with Crippen LogP contribution in [-0.4, -0.2) is 37.2 Å². The van der Waals surface area contributed by atoms with Crippen LogP contribution >= 0.6 is 10.3 Å². The molecule has 5 nitrogen and oxygen atoms in total. The van der Waals surface area contributed by atoms with Crippen molar-refractivity contribution in [3.8, 4) is 0 Å². The highest BCUT2D eigenvalue weighted by atomic mass is 32.3. The van der Waals surface area contributed by atoms with Crippen LogP contribution in [0.3, 0.4) is 0 Å². The average molecular weight is 399 g/mol. The maximum absolute atomic E-state index is 12.8. The first-order chi connectivity index (χ1) is 12.3. The van der Waals surface area contributed by atoms with E-state index in [2.05, 4.69) is 0 Å². The van der Waals surface area contributed by atoms with Crippen molar-refractivity contribution in [2.75, 3.05) is 17.3 Å². The molecule has 2 aliphatic rings. The van der Waals surface area contributed by atoms with Gasteiger partial charge in [0.15, 0.2) is 0 Å². The van der Waals surface area contributed by atoms with Crippen molar-refractivity contribution in [2.24, 2.45) is 5.92 Å². The van der Waals surface area contributed by atoms with Crippen LogP contribution < -0.4 is 0 Å². The molecular formula is C19H26O5S2. The van der Waals surface area contributed by atoms with Gasteiger partial charge in [0.05, 0.1) is 10.6 Å². The van der Waals surface area contributed by atoms with Crippen molar-refractivity contribution in [1.29, 1.82) is 0 Å². The van der Waals surface area contributed by atoms with E-state index in [-0.39, 0.29) is 28.1 Å². The Morgan fingerprint density at radius 1 is 1.12 bits per heavy atom. The van der Waals surface area contributed by atoms with E-state index >= 15 is 0 Å². The van der Waals surface area contributed by atoms with Gasteiger partial charge in [-0.3, -0.25) is 9.59 Å². The molecule has 3 rings (SSSR count). The largest absolute Gasteiger partial charge is 0.306 e. The Hall–Kier alpha value is -1.18. The molecule has 2 fully saturated rings. The van der Waals surface area contributed by atoms with Crippen LogP contribution in [0.15, 0.2) is 29.2 Å². The van der Waals surface area contributed by atoms with Crippen molar-refractivity contribution in [3.05, 3.63) is 29.8 Å². The Balaban J connectivity index is 1.82. The molecule has 1 aromatic rings. The van der Waals surface area contributed by atoms with Gasteiger partial charge in [-0.05, 0) is 31.9 Å². The summed E-state index contributed by atoms with van der Waals surface area (Å²) in [5.41, 5.74) is 0.964. The third kappa shape index (κ3) is 4.56. The summed E-state index contributed by atoms with van der Waals surface area (Å²) in [4.78, 5) is 24.5. The van der Waals surface area contributed by atoms with E-state index in [0.717, 1.165) is 31.2 Å². The SMILES string of the molecule is Cc1ccc(S(=O)(=O)OS2(CC(=O)C3CCCC3)CCC(=O)CC2)cc1. The van der Waals surface area contributed by atoms with E-state index in [4.69, 9.17) is 3.63 Å². The molecular weight excluding hydrogens is 372 g/mol. The van der Waals surface area contributed by atoms with Gasteiger partial charge in [0.2, 0.25) is 0 Å². The number of carbonyl (C=O) groups is 2. The number of aryl methyl sites for hydroxylation is 1. The van der Waals surface area contributed by atoms with Gasteiger partial charge in [0, 0.05) is 30.3 Å². The smallest absolute Gasteiger partial charge is 0.300 e. The van der Waals surface area contributed by atoms with Crippen LogP contribution in [0.1, 0.15) is 44.1 Å². The molecule has 0 unspecified atom stereocenters. The predicted molar refractivity (Wildman–Crippen MR) is 103 cm³/mol. The maximum atomic E-state index is 12.8. The normalized spacial score (nSPS) is 22.3. The van der Waals surface area contributed by atoms with Crippen LogP contribution in [0.25, 0.3) is 0 Å². The molecule has 1 aromatic carbocycles. The molecule has 1 aliphatic heterocycles. The Morgan fingerprint density at radius 3 is 2.27 bits per heavy atom. The summed E-state index contributed by atoms with van der Waals surface area (Å²) < 4.78 is 31.4. The number of hydrogen-bond acceptors (Lipinski definition) is 5. The molecule has 1 saturated carbocycles. The Bertz CT molecular complexity index is 767. The molecule has 1 saturated heterocycles. The quantitative estimate of drug-likeness (QED) is 0.732. The second-order valence-electron chi connectivity index (χ2n) is 7.34. The van der Waals surface area contributed by atoms with E-state index < -0.39 is 20.4 Å². The Kier molecular flexibility index (Phi) is 5.89. The van der Waals surface area contributed by atoms with Crippen molar-refractivity contribution in [1.82, 2.24) is 0 Å². The molecule has 0 N–H and O–H groups in total. The van der Waals surface area contributed by atoms with Crippen LogP contribution in [0.4, 0.5) is 0 Å². The van der Waals surface area contributed by atoms with E-state index in [9.17, 15) is 18.0 Å². The van der Waals surface area contributed by atoms with E-state index in [1.54, 1.807) is 12.1 Å². The number of carbonyl (C=O) groups excluding carboxylic acids is 2. The molecule has 0 atom stereocenters. The molecule has 0 amide bonds. The predicted octanol–water partition coefficient (Wildman–Crippen LogP) is 3.54. The number of ketones is 2. The average Bonchev–Trinajstić information content (AvgIpc) is 3.12. The van der Waals surface area contributed by atoms with E-state index in [0.29, 0.717) is 24.3 Å². The minimum absolute atomic E-state index is 0.0303. The Morgan fingerprint density at radius 2 is 1.69 bits per heavy atom. The van der Waals surface area contributed by atoms with Crippen molar-refractivity contribution >= 4 is 32.0 Å². The summed E-state index contributed by atoms with van der Waals surface area (Å²) in [5.74, 6) is 1.17. The van der Waals surface area contributed by atoms with Crippen molar-refractivity contribution in [2.45, 2.75) is 50.3 Å². The summed E-state index contributed by atoms with van der Waals surface area (Å²) in [7, 11) is -6.09. The molecule has 1 aliphatic carbocycles. The molecule has 26 heavy (non-hydrogen) atoms. The standard InChI is InChI=1S/C19H26O5S2/c1-15-6-8-18(9-7-15)26(22,23)24-25(12-10-17(20)11-13-25)14-19(21)16-4-2-3-5-16/h6-9,16H,2-5,10-14H2,1H3. The number of Topliss-reactive ketones (excluding diaryl/α,β-unsaturated/α-hetero) is 2. The van der Waals surface area contributed by atoms with Gasteiger partial charge in [0.1, 0.15) is 11.6 Å². The monoisotopic (exact) mass is 398 g/mol. The summed E-state index contributed by atoms with van der Waals surface area (Å²) in [6, 6.07) is 6.52. The number of benzene rings is 1. The third-order valence-electron chi connectivity index (χ3n) is 5.27. The summed E-state index contributed by atoms with van der Waals surface area (Å²) in [6.45, 7) is 1.89. The first-order valence-electron chi connectivity index (χ1n) is 9.13. The summed E-state index contributed by atoms with van der Waals surface area (Å²) in [6.07, 6.45) is 4.49. The van der Waals surface area contributed by atoms with Gasteiger partial charge in [-0.15, -0.1) is 10.3 Å². The fourth-order valence-electron chi connectivity index (χ4n) is 3.62. The highest BCUT2D eigenvalue weighted by Crippen LogP contribution is 2.55.